The van der Waals surface area contributed by atoms with E-state index >= 15 is 0 Å². The lowest BCUT2D eigenvalue weighted by atomic mass is 9.33. The molecular formula is C104H92BN5O. The van der Waals surface area contributed by atoms with Gasteiger partial charge >= 0.3 is 0 Å². The van der Waals surface area contributed by atoms with Crippen LogP contribution in [0.3, 0.4) is 0 Å². The number of rotatable bonds is 7. The fourth-order valence-electron chi connectivity index (χ4n) is 17.8. The molecule has 542 valence electrons. The standard InChI is InChI=1S/C104H92BN5O/c1-100(2,3)67-40-48-87-79(55-67)80-56-68(101(4,5)6)41-49-88(80)106(87)72-44-46-83-93(61-72)108(74-53-65(63-28-18-16-19-29-63)52-66(54-74)64-30-20-17-21-31-64)95-59-71(104(13,14)15)60-96-97(95)105(83)84-47-45-73(107-89-50-42-69(102(7,8)9)57-81(89)82-58-70(103(10,11)12)43-51-90(82)107)62-94(84)110(96)92-39-27-35-78-77-34-26-38-91(98(77)111-99(78)92)109-85-36-24-22-32-75(85)76-33-23-25-37-86(76)109/h16-62H,1-15H3/i22D,23D,24D,25D,32D,33D,36D,37D. The first-order valence-corrected chi connectivity index (χ1v) is 39.0. The van der Waals surface area contributed by atoms with Crippen LogP contribution in [0.5, 0.6) is 0 Å². The minimum atomic E-state index is -0.508. The molecule has 6 nitrogen and oxygen atoms in total. The Labute approximate surface area is 662 Å². The molecular weight excluding hydrogens is 1350 g/mol. The van der Waals surface area contributed by atoms with Crippen LogP contribution in [-0.2, 0) is 27.1 Å². The highest BCUT2D eigenvalue weighted by atomic mass is 16.3. The Bertz CT molecular complexity index is 7160. The molecule has 6 heterocycles. The number of fused-ring (bicyclic) bond motifs is 16. The quantitative estimate of drug-likeness (QED) is 0.149. The molecule has 18 aromatic rings. The summed E-state index contributed by atoms with van der Waals surface area (Å²) in [5.41, 5.74) is 26.1. The Morgan fingerprint density at radius 2 is 0.649 bits per heavy atom. The summed E-state index contributed by atoms with van der Waals surface area (Å²) in [6.45, 7) is 34.0. The van der Waals surface area contributed by atoms with Crippen molar-refractivity contribution in [1.29, 1.82) is 0 Å². The Hall–Kier alpha value is -12.1. The van der Waals surface area contributed by atoms with Gasteiger partial charge in [-0.2, -0.15) is 0 Å². The van der Waals surface area contributed by atoms with Crippen LogP contribution in [0.4, 0.5) is 34.1 Å². The largest absolute Gasteiger partial charge is 0.452 e. The van der Waals surface area contributed by atoms with Crippen LogP contribution < -0.4 is 26.2 Å². The predicted molar refractivity (Wildman–Crippen MR) is 475 cm³/mol. The minimum absolute atomic E-state index is 0.0100. The first-order chi connectivity index (χ1) is 56.5. The van der Waals surface area contributed by atoms with E-state index in [1.165, 1.54) is 43.8 Å². The molecule has 0 bridgehead atoms. The second kappa shape index (κ2) is 24.2. The zero-order chi connectivity index (χ0) is 83.2. The monoisotopic (exact) mass is 1450 g/mol. The van der Waals surface area contributed by atoms with Crippen molar-refractivity contribution >= 4 is 145 Å². The van der Waals surface area contributed by atoms with Gasteiger partial charge in [-0.3, -0.25) is 0 Å². The van der Waals surface area contributed by atoms with E-state index in [2.05, 4.69) is 341 Å². The van der Waals surface area contributed by atoms with Crippen LogP contribution in [-0.4, -0.2) is 20.4 Å². The van der Waals surface area contributed by atoms with Crippen molar-refractivity contribution in [2.45, 2.75) is 131 Å². The van der Waals surface area contributed by atoms with Crippen molar-refractivity contribution in [3.05, 3.63) is 313 Å². The number of hydrogen-bond donors (Lipinski definition) is 0. The minimum Gasteiger partial charge on any atom is -0.452 e. The maximum absolute atomic E-state index is 9.65. The highest BCUT2D eigenvalue weighted by Gasteiger charge is 2.46. The molecule has 0 aliphatic carbocycles. The molecule has 0 fully saturated rings. The Balaban J connectivity index is 0.921. The first kappa shape index (κ1) is 59.8. The molecule has 0 radical (unpaired) electrons. The van der Waals surface area contributed by atoms with Crippen molar-refractivity contribution in [1.82, 2.24) is 13.7 Å². The van der Waals surface area contributed by atoms with E-state index in [4.69, 9.17) is 9.90 Å². The van der Waals surface area contributed by atoms with Gasteiger partial charge in [0.05, 0.1) is 55.4 Å². The van der Waals surface area contributed by atoms with Crippen molar-refractivity contribution in [2.75, 3.05) is 9.80 Å². The maximum atomic E-state index is 9.65. The summed E-state index contributed by atoms with van der Waals surface area (Å²) in [6, 6.07) is 84.3. The van der Waals surface area contributed by atoms with E-state index in [0.717, 1.165) is 117 Å². The SMILES string of the molecule is [2H]c1c([2H])c([2H])c2c(c1[2H])c1c([2H])c([2H])c([2H])c([2H])c1n2-c1cccc2c1oc1c(N3c4cc(-n5c6ccc(C(C)(C)C)cc6c6cc(C(C)(C)C)ccc65)ccc4B4c5ccc(-n6c7ccc(C(C)(C)C)cc7c7cc(C(C)(C)C)ccc76)cc5N(c5cc(-c6ccccc6)cc(-c6ccccc6)c5)c5cc(C(C)(C)C)cc3c54)cccc12. The highest BCUT2D eigenvalue weighted by Crippen LogP contribution is 2.52. The van der Waals surface area contributed by atoms with Crippen LogP contribution in [0.2, 0.25) is 0 Å². The average molecular weight is 1450 g/mol. The zero-order valence-electron chi connectivity index (χ0n) is 73.7. The number of anilines is 6. The van der Waals surface area contributed by atoms with Gasteiger partial charge in [-0.1, -0.05) is 261 Å². The molecule has 111 heavy (non-hydrogen) atoms. The number of benzene rings is 14. The Morgan fingerprint density at radius 1 is 0.261 bits per heavy atom. The van der Waals surface area contributed by atoms with Gasteiger partial charge in [0.1, 0.15) is 0 Å². The lowest BCUT2D eigenvalue weighted by molar-refractivity contribution is 0.590. The van der Waals surface area contributed by atoms with Gasteiger partial charge in [-0.15, -0.1) is 0 Å². The van der Waals surface area contributed by atoms with Crippen molar-refractivity contribution in [2.24, 2.45) is 0 Å². The second-order valence-corrected chi connectivity index (χ2v) is 36.1. The summed E-state index contributed by atoms with van der Waals surface area (Å²) in [6.07, 6.45) is 0. The van der Waals surface area contributed by atoms with Gasteiger partial charge in [0, 0.05) is 82.9 Å². The van der Waals surface area contributed by atoms with Gasteiger partial charge < -0.3 is 27.9 Å². The molecule has 20 rings (SSSR count). The number of nitrogens with zero attached hydrogens (tertiary/aromatic N) is 5. The third-order valence-electron chi connectivity index (χ3n) is 23.8. The molecule has 14 aromatic carbocycles. The summed E-state index contributed by atoms with van der Waals surface area (Å²) in [4.78, 5) is 5.00. The summed E-state index contributed by atoms with van der Waals surface area (Å²) >= 11 is 0. The molecule has 0 spiro atoms. The van der Waals surface area contributed by atoms with Crippen molar-refractivity contribution < 1.29 is 15.4 Å². The van der Waals surface area contributed by atoms with Gasteiger partial charge in [-0.25, -0.2) is 0 Å². The molecule has 0 unspecified atom stereocenters. The zero-order valence-corrected chi connectivity index (χ0v) is 65.7. The Morgan fingerprint density at radius 3 is 1.07 bits per heavy atom. The second-order valence-electron chi connectivity index (χ2n) is 36.1. The fourth-order valence-corrected chi connectivity index (χ4v) is 17.8. The topological polar surface area (TPSA) is 34.4 Å². The summed E-state index contributed by atoms with van der Waals surface area (Å²) < 4.78 is 88.5. The van der Waals surface area contributed by atoms with E-state index in [-0.39, 0.29) is 62.3 Å². The van der Waals surface area contributed by atoms with Gasteiger partial charge in [0.25, 0.3) is 6.71 Å². The van der Waals surface area contributed by atoms with E-state index in [0.29, 0.717) is 22.2 Å². The summed E-state index contributed by atoms with van der Waals surface area (Å²) in [5, 5.41) is 6.19. The highest BCUT2D eigenvalue weighted by molar-refractivity contribution is 7.00. The van der Waals surface area contributed by atoms with E-state index < -0.39 is 41.7 Å². The molecule has 0 N–H and O–H groups in total. The van der Waals surface area contributed by atoms with Crippen molar-refractivity contribution in [3.8, 4) is 39.3 Å². The molecule has 0 atom stereocenters. The smallest absolute Gasteiger partial charge is 0.252 e. The van der Waals surface area contributed by atoms with Crippen LogP contribution in [0.15, 0.2) is 289 Å². The molecule has 0 saturated heterocycles. The number of furan rings is 1. The van der Waals surface area contributed by atoms with Crippen LogP contribution >= 0.6 is 0 Å². The number of aromatic nitrogens is 3. The van der Waals surface area contributed by atoms with Gasteiger partial charge in [-0.05, 0) is 221 Å². The molecule has 4 aromatic heterocycles. The number of para-hydroxylation sites is 4. The Kier molecular flexibility index (Phi) is 13.1. The van der Waals surface area contributed by atoms with Crippen LogP contribution in [0.1, 0.15) is 143 Å². The third kappa shape index (κ3) is 10.7. The van der Waals surface area contributed by atoms with Crippen molar-refractivity contribution in [3.63, 3.8) is 0 Å². The molecule has 2 aliphatic rings. The van der Waals surface area contributed by atoms with Gasteiger partial charge in [0.15, 0.2) is 11.2 Å². The predicted octanol–water partition coefficient (Wildman–Crippen LogP) is 26.8. The van der Waals surface area contributed by atoms with E-state index in [1.807, 2.05) is 18.2 Å². The lowest BCUT2D eigenvalue weighted by Gasteiger charge is -2.45. The molecule has 0 saturated carbocycles. The average Bonchev–Trinajstić information content (AvgIpc) is 1.53. The first-order valence-electron chi connectivity index (χ1n) is 43.0. The summed E-state index contributed by atoms with van der Waals surface area (Å²) in [7, 11) is 0. The maximum Gasteiger partial charge on any atom is 0.252 e. The third-order valence-corrected chi connectivity index (χ3v) is 23.8. The normalized spacial score (nSPS) is 14.5. The summed E-state index contributed by atoms with van der Waals surface area (Å²) in [5.74, 6) is 0. The lowest BCUT2D eigenvalue weighted by Crippen LogP contribution is -2.61. The van der Waals surface area contributed by atoms with E-state index in [9.17, 15) is 5.48 Å². The van der Waals surface area contributed by atoms with Crippen LogP contribution in [0.25, 0.3) is 127 Å². The van der Waals surface area contributed by atoms with E-state index in [1.54, 1.807) is 4.57 Å². The molecule has 7 heteroatoms. The van der Waals surface area contributed by atoms with Gasteiger partial charge in [0.2, 0.25) is 0 Å². The molecule has 2 aliphatic heterocycles. The van der Waals surface area contributed by atoms with Crippen LogP contribution in [0, 0.1) is 0 Å². The number of hydrogen-bond acceptors (Lipinski definition) is 3. The fraction of sp³-hybridized carbons (Fsp3) is 0.192. The molecule has 0 amide bonds.